The van der Waals surface area contributed by atoms with Crippen molar-refractivity contribution in [1.29, 1.82) is 0 Å². The lowest BCUT2D eigenvalue weighted by Crippen LogP contribution is -2.55. The molecule has 3 aliphatic heterocycles. The van der Waals surface area contributed by atoms with Crippen molar-refractivity contribution in [3.63, 3.8) is 0 Å². The Morgan fingerprint density at radius 1 is 1.04 bits per heavy atom. The van der Waals surface area contributed by atoms with Gasteiger partial charge >= 0.3 is 0 Å². The van der Waals surface area contributed by atoms with E-state index in [1.165, 1.54) is 38.5 Å². The topological polar surface area (TPSA) is 121 Å². The zero-order valence-electron chi connectivity index (χ0n) is 32.1. The molecule has 0 aromatic heterocycles. The lowest BCUT2D eigenvalue weighted by atomic mass is 9.53. The molecule has 50 heavy (non-hydrogen) atoms. The molecule has 4 saturated carbocycles. The number of amides is 1. The third-order valence-electron chi connectivity index (χ3n) is 15.9. The third kappa shape index (κ3) is 6.31. The minimum Gasteiger partial charge on any atom is -0.390 e. The van der Waals surface area contributed by atoms with E-state index in [2.05, 4.69) is 39.5 Å². The minimum atomic E-state index is -1.25. The summed E-state index contributed by atoms with van der Waals surface area (Å²) in [5, 5.41) is 33.0. The predicted molar refractivity (Wildman–Crippen MR) is 189 cm³/mol. The maximum Gasteiger partial charge on any atom is 0.237 e. The van der Waals surface area contributed by atoms with Crippen LogP contribution < -0.4 is 0 Å². The number of aliphatic hydroxyl groups excluding tert-OH is 2. The van der Waals surface area contributed by atoms with Gasteiger partial charge in [-0.05, 0) is 111 Å². The number of ether oxygens (including phenoxy) is 4. The molecule has 286 valence electrons. The fraction of sp³-hybridized carbons (Fsp3) is 0.975. The van der Waals surface area contributed by atoms with Gasteiger partial charge in [0.05, 0.1) is 62.9 Å². The summed E-state index contributed by atoms with van der Waals surface area (Å²) in [5.41, 5.74) is -0.589. The van der Waals surface area contributed by atoms with Crippen molar-refractivity contribution < 1.29 is 39.1 Å². The first-order chi connectivity index (χ1) is 23.5. The maximum absolute atomic E-state index is 13.2. The molecular formula is C40H68N2O8. The standard InChI is InChI=1S/C40H68N2O8/c1-25-21-27(35(45)37(5,6)46)49-34-32(25)38(7,26(2)33(34)44)13-14-39-11-8-9-28-36(3,4)29(10-12-40(28,39)24-39)50-31-23-42(17-20-48-31)30(43)22-41-15-18-47-19-16-41/h25-29,31-35,44-46H,8-24H2,1-7H3. The molecule has 1 amide bonds. The Morgan fingerprint density at radius 2 is 1.78 bits per heavy atom. The average Bonchev–Trinajstić information content (AvgIpc) is 3.71. The van der Waals surface area contributed by atoms with Crippen LogP contribution >= 0.6 is 0 Å². The Kier molecular flexibility index (Phi) is 10.1. The van der Waals surface area contributed by atoms with Crippen LogP contribution in [0.2, 0.25) is 0 Å². The number of carbonyl (C=O) groups is 1. The Bertz CT molecular complexity index is 1240. The van der Waals surface area contributed by atoms with Gasteiger partial charge in [-0.2, -0.15) is 0 Å². The van der Waals surface area contributed by atoms with E-state index in [4.69, 9.17) is 18.9 Å². The van der Waals surface area contributed by atoms with Gasteiger partial charge in [-0.1, -0.05) is 41.0 Å². The van der Waals surface area contributed by atoms with Crippen molar-refractivity contribution in [3.05, 3.63) is 0 Å². The van der Waals surface area contributed by atoms with E-state index in [0.29, 0.717) is 62.6 Å². The van der Waals surface area contributed by atoms with Crippen LogP contribution in [0.1, 0.15) is 106 Å². The Hall–Kier alpha value is -0.850. The molecule has 1 spiro atoms. The number of aliphatic hydroxyl groups is 3. The molecule has 7 aliphatic rings. The van der Waals surface area contributed by atoms with Crippen LogP contribution in [0.25, 0.3) is 0 Å². The Balaban J connectivity index is 0.989. The van der Waals surface area contributed by atoms with Crippen LogP contribution in [-0.4, -0.2) is 126 Å². The monoisotopic (exact) mass is 704 g/mol. The molecule has 7 fully saturated rings. The first-order valence-corrected chi connectivity index (χ1v) is 20.1. The number of morpholine rings is 2. The second-order valence-electron chi connectivity index (χ2n) is 19.3. The van der Waals surface area contributed by atoms with E-state index >= 15 is 0 Å². The summed E-state index contributed by atoms with van der Waals surface area (Å²) in [4.78, 5) is 17.3. The quantitative estimate of drug-likeness (QED) is 0.324. The fourth-order valence-corrected chi connectivity index (χ4v) is 12.8. The highest BCUT2D eigenvalue weighted by Crippen LogP contribution is 2.82. The number of nitrogens with zero attached hydrogens (tertiary/aromatic N) is 2. The average molecular weight is 705 g/mol. The van der Waals surface area contributed by atoms with E-state index < -0.39 is 23.9 Å². The highest BCUT2D eigenvalue weighted by Gasteiger charge is 2.75. The summed E-state index contributed by atoms with van der Waals surface area (Å²) in [5.74, 6) is 1.35. The smallest absolute Gasteiger partial charge is 0.237 e. The summed E-state index contributed by atoms with van der Waals surface area (Å²) in [7, 11) is 0. The molecule has 10 heteroatoms. The molecule has 4 aliphatic carbocycles. The first-order valence-electron chi connectivity index (χ1n) is 20.1. The first kappa shape index (κ1) is 37.5. The number of fused-ring (bicyclic) bond motifs is 1. The van der Waals surface area contributed by atoms with Crippen molar-refractivity contribution in [2.45, 2.75) is 149 Å². The van der Waals surface area contributed by atoms with Crippen LogP contribution in [0.5, 0.6) is 0 Å². The SMILES string of the molecule is CC1CC(C(O)C(C)(C)O)OC2C(O)C(C)C(C)(CCC34CCCC5C(C)(C)C(OC6CN(C(=O)CN7CCOCC7)CCO6)CCC53C4)C12. The van der Waals surface area contributed by atoms with Gasteiger partial charge in [-0.3, -0.25) is 9.69 Å². The predicted octanol–water partition coefficient (Wildman–Crippen LogP) is 4.22. The molecule has 0 aromatic carbocycles. The lowest BCUT2D eigenvalue weighted by Gasteiger charge is -2.55. The van der Waals surface area contributed by atoms with Crippen molar-refractivity contribution >= 4 is 5.91 Å². The van der Waals surface area contributed by atoms with Crippen LogP contribution in [0.3, 0.4) is 0 Å². The van der Waals surface area contributed by atoms with Crippen LogP contribution in [0.4, 0.5) is 0 Å². The highest BCUT2D eigenvalue weighted by molar-refractivity contribution is 5.78. The minimum absolute atomic E-state index is 0.0117. The van der Waals surface area contributed by atoms with E-state index in [1.54, 1.807) is 13.8 Å². The van der Waals surface area contributed by atoms with Crippen LogP contribution in [-0.2, 0) is 23.7 Å². The Labute approximate surface area is 300 Å². The van der Waals surface area contributed by atoms with Gasteiger partial charge < -0.3 is 39.2 Å². The van der Waals surface area contributed by atoms with Gasteiger partial charge in [0.1, 0.15) is 6.10 Å². The van der Waals surface area contributed by atoms with Gasteiger partial charge in [0.25, 0.3) is 0 Å². The summed E-state index contributed by atoms with van der Waals surface area (Å²) in [6, 6.07) is 0. The van der Waals surface area contributed by atoms with Gasteiger partial charge in [-0.15, -0.1) is 0 Å². The van der Waals surface area contributed by atoms with E-state index in [1.807, 2.05) is 4.90 Å². The number of hydrogen-bond donors (Lipinski definition) is 3. The van der Waals surface area contributed by atoms with Crippen molar-refractivity contribution in [2.24, 2.45) is 45.3 Å². The molecule has 13 atom stereocenters. The second-order valence-corrected chi connectivity index (χ2v) is 19.3. The van der Waals surface area contributed by atoms with E-state index in [0.717, 1.165) is 25.9 Å². The van der Waals surface area contributed by atoms with Gasteiger partial charge in [0.2, 0.25) is 5.91 Å². The fourth-order valence-electron chi connectivity index (χ4n) is 12.8. The van der Waals surface area contributed by atoms with Gasteiger partial charge in [0, 0.05) is 19.6 Å². The van der Waals surface area contributed by atoms with Crippen LogP contribution in [0.15, 0.2) is 0 Å². The van der Waals surface area contributed by atoms with E-state index in [-0.39, 0.29) is 53.0 Å². The molecule has 3 N–H and O–H groups in total. The molecule has 7 rings (SSSR count). The number of carbonyl (C=O) groups excluding carboxylic acids is 1. The molecular weight excluding hydrogens is 636 g/mol. The largest absolute Gasteiger partial charge is 0.390 e. The normalized spacial score (nSPS) is 46.8. The zero-order chi connectivity index (χ0) is 35.9. The molecule has 3 saturated heterocycles. The number of hydrogen-bond acceptors (Lipinski definition) is 9. The maximum atomic E-state index is 13.2. The van der Waals surface area contributed by atoms with Crippen molar-refractivity contribution in [2.75, 3.05) is 52.5 Å². The molecule has 0 bridgehead atoms. The highest BCUT2D eigenvalue weighted by atomic mass is 16.7. The molecule has 13 unspecified atom stereocenters. The Morgan fingerprint density at radius 3 is 2.50 bits per heavy atom. The third-order valence-corrected chi connectivity index (χ3v) is 15.9. The second kappa shape index (κ2) is 13.5. The summed E-state index contributed by atoms with van der Waals surface area (Å²) in [6.07, 6.45) is 7.65. The van der Waals surface area contributed by atoms with E-state index in [9.17, 15) is 20.1 Å². The molecule has 3 heterocycles. The molecule has 0 radical (unpaired) electrons. The molecule has 0 aromatic rings. The van der Waals surface area contributed by atoms with Crippen molar-refractivity contribution in [3.8, 4) is 0 Å². The number of rotatable bonds is 9. The zero-order valence-corrected chi connectivity index (χ0v) is 32.1. The summed E-state index contributed by atoms with van der Waals surface area (Å²) in [6.45, 7) is 20.1. The van der Waals surface area contributed by atoms with Gasteiger partial charge in [-0.25, -0.2) is 0 Å². The summed E-state index contributed by atoms with van der Waals surface area (Å²) >= 11 is 0. The lowest BCUT2D eigenvalue weighted by molar-refractivity contribution is -0.241. The van der Waals surface area contributed by atoms with Gasteiger partial charge in [0.15, 0.2) is 6.29 Å². The summed E-state index contributed by atoms with van der Waals surface area (Å²) < 4.78 is 24.9. The molecule has 10 nitrogen and oxygen atoms in total. The van der Waals surface area contributed by atoms with Crippen molar-refractivity contribution in [1.82, 2.24) is 9.80 Å². The van der Waals surface area contributed by atoms with Crippen LogP contribution in [0, 0.1) is 45.3 Å².